The second kappa shape index (κ2) is 10.7. The molecular formula is C18H26IN5OS. The molecule has 2 aromatic rings. The van der Waals surface area contributed by atoms with Gasteiger partial charge in [-0.3, -0.25) is 4.99 Å². The highest BCUT2D eigenvalue weighted by molar-refractivity contribution is 14.0. The molecule has 0 unspecified atom stereocenters. The molecule has 1 aliphatic carbocycles. The first-order valence-electron chi connectivity index (χ1n) is 8.66. The number of thiazole rings is 1. The molecule has 1 saturated carbocycles. The van der Waals surface area contributed by atoms with Gasteiger partial charge in [0.15, 0.2) is 5.96 Å². The summed E-state index contributed by atoms with van der Waals surface area (Å²) >= 11 is 1.68. The standard InChI is InChI=1S/C18H25N5OS.HI/c1-13-23-16(12-25-13)6-8-21-18(19-2)22-10-15-5-7-20-17(9-15)24-11-14-3-4-14;/h5,7,9,12,14H,3-4,6,8,10-11H2,1-2H3,(H2,19,21,22);1H. The van der Waals surface area contributed by atoms with Gasteiger partial charge < -0.3 is 15.4 Å². The number of aryl methyl sites for hydroxylation is 1. The van der Waals surface area contributed by atoms with Crippen molar-refractivity contribution in [3.63, 3.8) is 0 Å². The van der Waals surface area contributed by atoms with Gasteiger partial charge in [-0.05, 0) is 37.3 Å². The fourth-order valence-corrected chi connectivity index (χ4v) is 3.01. The van der Waals surface area contributed by atoms with E-state index >= 15 is 0 Å². The molecule has 0 atom stereocenters. The van der Waals surface area contributed by atoms with E-state index in [9.17, 15) is 0 Å². The Labute approximate surface area is 175 Å². The molecule has 26 heavy (non-hydrogen) atoms. The minimum Gasteiger partial charge on any atom is -0.477 e. The van der Waals surface area contributed by atoms with E-state index < -0.39 is 0 Å². The Morgan fingerprint density at radius 2 is 2.23 bits per heavy atom. The second-order valence-electron chi connectivity index (χ2n) is 6.22. The van der Waals surface area contributed by atoms with Crippen molar-refractivity contribution in [3.8, 4) is 5.88 Å². The second-order valence-corrected chi connectivity index (χ2v) is 7.28. The number of aromatic nitrogens is 2. The first-order valence-corrected chi connectivity index (χ1v) is 9.54. The number of nitrogens with zero attached hydrogens (tertiary/aromatic N) is 3. The monoisotopic (exact) mass is 487 g/mol. The van der Waals surface area contributed by atoms with E-state index in [1.165, 1.54) is 12.8 Å². The highest BCUT2D eigenvalue weighted by Gasteiger charge is 2.22. The van der Waals surface area contributed by atoms with Crippen LogP contribution in [0.3, 0.4) is 0 Å². The number of hydrogen-bond acceptors (Lipinski definition) is 5. The Hall–Kier alpha value is -1.42. The predicted molar refractivity (Wildman–Crippen MR) is 117 cm³/mol. The molecular weight excluding hydrogens is 461 g/mol. The lowest BCUT2D eigenvalue weighted by Gasteiger charge is -2.12. The summed E-state index contributed by atoms with van der Waals surface area (Å²) < 4.78 is 5.73. The molecule has 0 radical (unpaired) electrons. The van der Waals surface area contributed by atoms with Crippen LogP contribution in [0.5, 0.6) is 5.88 Å². The Bertz CT molecular complexity index is 717. The topological polar surface area (TPSA) is 71.4 Å². The molecule has 0 aliphatic heterocycles. The largest absolute Gasteiger partial charge is 0.477 e. The van der Waals surface area contributed by atoms with Crippen molar-refractivity contribution in [1.82, 2.24) is 20.6 Å². The van der Waals surface area contributed by atoms with Crippen molar-refractivity contribution < 1.29 is 4.74 Å². The molecule has 0 aromatic carbocycles. The number of aliphatic imine (C=N–C) groups is 1. The summed E-state index contributed by atoms with van der Waals surface area (Å²) in [7, 11) is 1.78. The molecule has 6 nitrogen and oxygen atoms in total. The van der Waals surface area contributed by atoms with Gasteiger partial charge in [0, 0.05) is 44.2 Å². The number of rotatable bonds is 8. The smallest absolute Gasteiger partial charge is 0.213 e. The quantitative estimate of drug-likeness (QED) is 0.340. The highest BCUT2D eigenvalue weighted by Crippen LogP contribution is 2.29. The van der Waals surface area contributed by atoms with Crippen LogP contribution in [0.4, 0.5) is 0 Å². The zero-order valence-corrected chi connectivity index (χ0v) is 18.3. The Balaban J connectivity index is 0.00000243. The van der Waals surface area contributed by atoms with Crippen LogP contribution in [0, 0.1) is 12.8 Å². The lowest BCUT2D eigenvalue weighted by Crippen LogP contribution is -2.37. The van der Waals surface area contributed by atoms with Gasteiger partial charge in [0.2, 0.25) is 5.88 Å². The van der Waals surface area contributed by atoms with Gasteiger partial charge in [0.05, 0.1) is 17.3 Å². The maximum atomic E-state index is 5.73. The summed E-state index contributed by atoms with van der Waals surface area (Å²) in [6.45, 7) is 4.29. The van der Waals surface area contributed by atoms with E-state index in [4.69, 9.17) is 4.74 Å². The number of hydrogen-bond donors (Lipinski definition) is 2. The summed E-state index contributed by atoms with van der Waals surface area (Å²) in [6.07, 6.45) is 5.24. The van der Waals surface area contributed by atoms with E-state index in [0.29, 0.717) is 12.4 Å². The van der Waals surface area contributed by atoms with Gasteiger partial charge >= 0.3 is 0 Å². The van der Waals surface area contributed by atoms with Gasteiger partial charge in [0.1, 0.15) is 0 Å². The molecule has 1 aliphatic rings. The Kier molecular flexibility index (Phi) is 8.56. The fourth-order valence-electron chi connectivity index (χ4n) is 2.37. The summed E-state index contributed by atoms with van der Waals surface area (Å²) in [5, 5.41) is 9.85. The number of guanidine groups is 1. The lowest BCUT2D eigenvalue weighted by molar-refractivity contribution is 0.288. The van der Waals surface area contributed by atoms with Crippen LogP contribution >= 0.6 is 35.3 Å². The summed E-state index contributed by atoms with van der Waals surface area (Å²) in [5.74, 6) is 2.21. The molecule has 8 heteroatoms. The van der Waals surface area contributed by atoms with Gasteiger partial charge in [0.25, 0.3) is 0 Å². The molecule has 3 rings (SSSR count). The van der Waals surface area contributed by atoms with Crippen molar-refractivity contribution in [2.75, 3.05) is 20.2 Å². The molecule has 2 N–H and O–H groups in total. The molecule has 2 aromatic heterocycles. The maximum absolute atomic E-state index is 5.73. The Morgan fingerprint density at radius 1 is 1.38 bits per heavy atom. The normalized spacial score (nSPS) is 13.8. The predicted octanol–water partition coefficient (Wildman–Crippen LogP) is 3.16. The van der Waals surface area contributed by atoms with Gasteiger partial charge in [-0.1, -0.05) is 0 Å². The molecule has 0 amide bonds. The van der Waals surface area contributed by atoms with Crippen LogP contribution in [0.25, 0.3) is 0 Å². The van der Waals surface area contributed by atoms with Crippen LogP contribution in [0.2, 0.25) is 0 Å². The molecule has 142 valence electrons. The number of ether oxygens (including phenoxy) is 1. The van der Waals surface area contributed by atoms with Crippen molar-refractivity contribution in [1.29, 1.82) is 0 Å². The minimum absolute atomic E-state index is 0. The van der Waals surface area contributed by atoms with E-state index in [0.717, 1.165) is 47.7 Å². The van der Waals surface area contributed by atoms with Crippen molar-refractivity contribution in [3.05, 3.63) is 40.0 Å². The number of nitrogens with one attached hydrogen (secondary N) is 2. The van der Waals surface area contributed by atoms with Crippen LogP contribution in [-0.4, -0.2) is 36.1 Å². The van der Waals surface area contributed by atoms with E-state index in [1.54, 1.807) is 24.6 Å². The maximum Gasteiger partial charge on any atom is 0.213 e. The highest BCUT2D eigenvalue weighted by atomic mass is 127. The van der Waals surface area contributed by atoms with Crippen LogP contribution in [-0.2, 0) is 13.0 Å². The van der Waals surface area contributed by atoms with Gasteiger partial charge in [-0.15, -0.1) is 35.3 Å². The third-order valence-electron chi connectivity index (χ3n) is 3.99. The van der Waals surface area contributed by atoms with E-state index in [1.807, 2.05) is 19.1 Å². The third kappa shape index (κ3) is 7.06. The molecule has 2 heterocycles. The lowest BCUT2D eigenvalue weighted by atomic mass is 10.2. The number of pyridine rings is 1. The third-order valence-corrected chi connectivity index (χ3v) is 4.81. The van der Waals surface area contributed by atoms with Crippen LogP contribution in [0.15, 0.2) is 28.7 Å². The summed E-state index contributed by atoms with van der Waals surface area (Å²) in [4.78, 5) is 13.0. The van der Waals surface area contributed by atoms with Gasteiger partial charge in [-0.2, -0.15) is 0 Å². The SMILES string of the molecule is CN=C(NCCc1csc(C)n1)NCc1ccnc(OCC2CC2)c1.I. The average molecular weight is 487 g/mol. The molecule has 0 saturated heterocycles. The average Bonchev–Trinajstić information content (AvgIpc) is 3.37. The fraction of sp³-hybridized carbons (Fsp3) is 0.500. The van der Waals surface area contributed by atoms with Crippen LogP contribution in [0.1, 0.15) is 29.1 Å². The molecule has 0 bridgehead atoms. The molecule has 1 fully saturated rings. The van der Waals surface area contributed by atoms with Crippen molar-refractivity contribution >= 4 is 41.3 Å². The van der Waals surface area contributed by atoms with Gasteiger partial charge in [-0.25, -0.2) is 9.97 Å². The van der Waals surface area contributed by atoms with Crippen molar-refractivity contribution in [2.24, 2.45) is 10.9 Å². The van der Waals surface area contributed by atoms with Crippen LogP contribution < -0.4 is 15.4 Å². The summed E-state index contributed by atoms with van der Waals surface area (Å²) in [6, 6.07) is 3.98. The van der Waals surface area contributed by atoms with Crippen molar-refractivity contribution in [2.45, 2.75) is 32.7 Å². The molecule has 0 spiro atoms. The minimum atomic E-state index is 0. The Morgan fingerprint density at radius 3 is 2.92 bits per heavy atom. The zero-order chi connectivity index (χ0) is 17.5. The first-order chi connectivity index (χ1) is 12.2. The zero-order valence-electron chi connectivity index (χ0n) is 15.2. The summed E-state index contributed by atoms with van der Waals surface area (Å²) in [5.41, 5.74) is 2.25. The number of halogens is 1. The van der Waals surface area contributed by atoms with E-state index in [-0.39, 0.29) is 24.0 Å². The first kappa shape index (κ1) is 20.9. The van der Waals surface area contributed by atoms with E-state index in [2.05, 4.69) is 31.0 Å².